The smallest absolute Gasteiger partial charge is 0.0532 e. The van der Waals surface area contributed by atoms with Crippen LogP contribution in [0.2, 0.25) is 0 Å². The molecule has 2 nitrogen and oxygen atoms in total. The van der Waals surface area contributed by atoms with E-state index in [0.29, 0.717) is 0 Å². The summed E-state index contributed by atoms with van der Waals surface area (Å²) in [4.78, 5) is 6.00. The second-order valence-corrected chi connectivity index (χ2v) is 4.84. The van der Waals surface area contributed by atoms with Gasteiger partial charge in [0.15, 0.2) is 0 Å². The minimum atomic E-state index is 1.06. The molecule has 0 unspecified atom stereocenters. The minimum Gasteiger partial charge on any atom is -0.358 e. The summed E-state index contributed by atoms with van der Waals surface area (Å²) in [6, 6.07) is 6.56. The van der Waals surface area contributed by atoms with Gasteiger partial charge in [0.2, 0.25) is 0 Å². The summed E-state index contributed by atoms with van der Waals surface area (Å²) in [5.74, 6) is 0. The first-order valence-electron chi connectivity index (χ1n) is 6.23. The summed E-state index contributed by atoms with van der Waals surface area (Å²) >= 11 is 0. The van der Waals surface area contributed by atoms with Crippen molar-refractivity contribution < 1.29 is 0 Å². The second kappa shape index (κ2) is 4.04. The molecule has 3 rings (SSSR count). The fourth-order valence-corrected chi connectivity index (χ4v) is 2.71. The summed E-state index contributed by atoms with van der Waals surface area (Å²) in [5, 5.41) is 1.39. The summed E-state index contributed by atoms with van der Waals surface area (Å²) in [6.07, 6.45) is 5.41. The number of aromatic nitrogens is 1. The highest BCUT2D eigenvalue weighted by molar-refractivity contribution is 5.91. The van der Waals surface area contributed by atoms with Gasteiger partial charge in [0, 0.05) is 30.6 Å². The average molecular weight is 226 g/mol. The zero-order valence-electron chi connectivity index (χ0n) is 10.5. The number of rotatable bonds is 1. The molecule has 1 aliphatic heterocycles. The summed E-state index contributed by atoms with van der Waals surface area (Å²) in [7, 11) is 2.19. The van der Waals surface area contributed by atoms with Crippen LogP contribution in [0.15, 0.2) is 24.3 Å². The SMILES string of the molecule is CC=Cc1cccc2c3c([nH]c12)CCN(C)C3. The molecule has 2 aromatic rings. The van der Waals surface area contributed by atoms with Gasteiger partial charge in [-0.15, -0.1) is 0 Å². The van der Waals surface area contributed by atoms with Crippen molar-refractivity contribution in [1.29, 1.82) is 0 Å². The molecule has 1 aromatic carbocycles. The van der Waals surface area contributed by atoms with E-state index in [1.54, 1.807) is 0 Å². The lowest BCUT2D eigenvalue weighted by Gasteiger charge is -2.22. The van der Waals surface area contributed by atoms with Crippen molar-refractivity contribution >= 4 is 17.0 Å². The molecule has 0 saturated carbocycles. The van der Waals surface area contributed by atoms with Gasteiger partial charge in [0.25, 0.3) is 0 Å². The highest BCUT2D eigenvalue weighted by Crippen LogP contribution is 2.29. The zero-order valence-corrected chi connectivity index (χ0v) is 10.5. The quantitative estimate of drug-likeness (QED) is 0.791. The largest absolute Gasteiger partial charge is 0.358 e. The van der Waals surface area contributed by atoms with E-state index in [4.69, 9.17) is 0 Å². The van der Waals surface area contributed by atoms with Crippen molar-refractivity contribution in [2.24, 2.45) is 0 Å². The van der Waals surface area contributed by atoms with Gasteiger partial charge in [-0.25, -0.2) is 0 Å². The third-order valence-corrected chi connectivity index (χ3v) is 3.58. The number of likely N-dealkylation sites (N-methyl/N-ethyl adjacent to an activating group) is 1. The number of aromatic amines is 1. The van der Waals surface area contributed by atoms with Crippen molar-refractivity contribution in [3.05, 3.63) is 41.1 Å². The van der Waals surface area contributed by atoms with Crippen LogP contribution in [0.25, 0.3) is 17.0 Å². The van der Waals surface area contributed by atoms with E-state index in [0.717, 1.165) is 19.5 Å². The fourth-order valence-electron chi connectivity index (χ4n) is 2.71. The molecule has 0 saturated heterocycles. The number of nitrogens with zero attached hydrogens (tertiary/aromatic N) is 1. The van der Waals surface area contributed by atoms with Crippen LogP contribution in [-0.2, 0) is 13.0 Å². The fraction of sp³-hybridized carbons (Fsp3) is 0.333. The highest BCUT2D eigenvalue weighted by atomic mass is 15.1. The molecule has 1 aliphatic rings. The first-order valence-corrected chi connectivity index (χ1v) is 6.23. The maximum atomic E-state index is 3.61. The molecule has 0 bridgehead atoms. The van der Waals surface area contributed by atoms with Gasteiger partial charge in [-0.3, -0.25) is 0 Å². The van der Waals surface area contributed by atoms with Crippen molar-refractivity contribution in [2.45, 2.75) is 19.9 Å². The second-order valence-electron chi connectivity index (χ2n) is 4.84. The molecule has 2 heteroatoms. The predicted octanol–water partition coefficient (Wildman–Crippen LogP) is 3.19. The Labute approximate surface area is 102 Å². The number of allylic oxidation sites excluding steroid dienone is 1. The molecule has 17 heavy (non-hydrogen) atoms. The molecular weight excluding hydrogens is 208 g/mol. The number of hydrogen-bond acceptors (Lipinski definition) is 1. The first-order chi connectivity index (χ1) is 8.29. The van der Waals surface area contributed by atoms with Crippen molar-refractivity contribution in [1.82, 2.24) is 9.88 Å². The number of para-hydroxylation sites is 1. The number of H-pyrrole nitrogens is 1. The Morgan fingerprint density at radius 1 is 1.35 bits per heavy atom. The Balaban J connectivity index is 2.24. The van der Waals surface area contributed by atoms with Crippen LogP contribution in [0.4, 0.5) is 0 Å². The van der Waals surface area contributed by atoms with Gasteiger partial charge >= 0.3 is 0 Å². The Bertz CT molecular complexity index is 578. The maximum Gasteiger partial charge on any atom is 0.0532 e. The van der Waals surface area contributed by atoms with Gasteiger partial charge in [0.05, 0.1) is 5.52 Å². The van der Waals surface area contributed by atoms with Crippen molar-refractivity contribution in [3.63, 3.8) is 0 Å². The Hall–Kier alpha value is -1.54. The van der Waals surface area contributed by atoms with Crippen LogP contribution < -0.4 is 0 Å². The van der Waals surface area contributed by atoms with Crippen LogP contribution in [0, 0.1) is 0 Å². The van der Waals surface area contributed by atoms with Gasteiger partial charge in [-0.05, 0) is 25.1 Å². The third kappa shape index (κ3) is 1.69. The molecule has 0 atom stereocenters. The summed E-state index contributed by atoms with van der Waals surface area (Å²) in [6.45, 7) is 4.28. The van der Waals surface area contributed by atoms with Crippen LogP contribution >= 0.6 is 0 Å². The molecule has 2 heterocycles. The standard InChI is InChI=1S/C15H18N2/c1-3-5-11-6-4-7-12-13-10-17(2)9-8-14(13)16-15(11)12/h3-7,16H,8-10H2,1-2H3. The Morgan fingerprint density at radius 2 is 2.24 bits per heavy atom. The van der Waals surface area contributed by atoms with Crippen LogP contribution in [0.5, 0.6) is 0 Å². The van der Waals surface area contributed by atoms with E-state index >= 15 is 0 Å². The van der Waals surface area contributed by atoms with Gasteiger partial charge in [-0.2, -0.15) is 0 Å². The molecule has 1 aromatic heterocycles. The summed E-state index contributed by atoms with van der Waals surface area (Å²) in [5.41, 5.74) is 5.50. The zero-order chi connectivity index (χ0) is 11.8. The monoisotopic (exact) mass is 226 g/mol. The molecule has 0 radical (unpaired) electrons. The van der Waals surface area contributed by atoms with E-state index in [2.05, 4.69) is 54.2 Å². The van der Waals surface area contributed by atoms with E-state index in [1.165, 1.54) is 27.7 Å². The summed E-state index contributed by atoms with van der Waals surface area (Å²) < 4.78 is 0. The van der Waals surface area contributed by atoms with Crippen LogP contribution in [0.1, 0.15) is 23.7 Å². The lowest BCUT2D eigenvalue weighted by atomic mass is 10.0. The topological polar surface area (TPSA) is 19.0 Å². The predicted molar refractivity (Wildman–Crippen MR) is 73.0 cm³/mol. The Morgan fingerprint density at radius 3 is 3.06 bits per heavy atom. The van der Waals surface area contributed by atoms with E-state index in [1.807, 2.05) is 0 Å². The number of fused-ring (bicyclic) bond motifs is 3. The van der Waals surface area contributed by atoms with Crippen LogP contribution in [0.3, 0.4) is 0 Å². The van der Waals surface area contributed by atoms with Gasteiger partial charge < -0.3 is 9.88 Å². The highest BCUT2D eigenvalue weighted by Gasteiger charge is 2.18. The minimum absolute atomic E-state index is 1.06. The molecule has 0 amide bonds. The van der Waals surface area contributed by atoms with Gasteiger partial charge in [0.1, 0.15) is 0 Å². The van der Waals surface area contributed by atoms with Crippen LogP contribution in [-0.4, -0.2) is 23.5 Å². The Kier molecular flexibility index (Phi) is 2.52. The third-order valence-electron chi connectivity index (χ3n) is 3.58. The maximum absolute atomic E-state index is 3.61. The van der Waals surface area contributed by atoms with Gasteiger partial charge in [-0.1, -0.05) is 30.4 Å². The average Bonchev–Trinajstić information content (AvgIpc) is 2.69. The van der Waals surface area contributed by atoms with E-state index < -0.39 is 0 Å². The molecular formula is C15H18N2. The lowest BCUT2D eigenvalue weighted by Crippen LogP contribution is -2.25. The number of benzene rings is 1. The van der Waals surface area contributed by atoms with E-state index in [9.17, 15) is 0 Å². The molecule has 0 fully saturated rings. The number of hydrogen-bond donors (Lipinski definition) is 1. The molecule has 88 valence electrons. The first kappa shape index (κ1) is 10.6. The normalized spacial score (nSPS) is 16.8. The van der Waals surface area contributed by atoms with E-state index in [-0.39, 0.29) is 0 Å². The molecule has 0 spiro atoms. The van der Waals surface area contributed by atoms with Crippen molar-refractivity contribution in [3.8, 4) is 0 Å². The van der Waals surface area contributed by atoms with Crippen molar-refractivity contribution in [2.75, 3.05) is 13.6 Å². The number of nitrogens with one attached hydrogen (secondary N) is 1. The molecule has 0 aliphatic carbocycles. The lowest BCUT2D eigenvalue weighted by molar-refractivity contribution is 0.313. The molecule has 1 N–H and O–H groups in total.